The maximum absolute atomic E-state index is 13.2. The van der Waals surface area contributed by atoms with Crippen LogP contribution in [0.4, 0.5) is 4.39 Å². The van der Waals surface area contributed by atoms with Crippen LogP contribution in [0, 0.1) is 5.82 Å². The molecule has 0 spiro atoms. The van der Waals surface area contributed by atoms with Crippen LogP contribution in [0.25, 0.3) is 0 Å². The Morgan fingerprint density at radius 2 is 2.05 bits per heavy atom. The highest BCUT2D eigenvalue weighted by Crippen LogP contribution is 2.29. The Bertz CT molecular complexity index is 618. The Balaban J connectivity index is 1.51. The number of halogens is 1. The summed E-state index contributed by atoms with van der Waals surface area (Å²) in [6.07, 6.45) is 0.598. The zero-order valence-electron chi connectivity index (χ0n) is 12.3. The molecule has 0 saturated heterocycles. The van der Waals surface area contributed by atoms with Crippen LogP contribution < -0.4 is 10.1 Å². The van der Waals surface area contributed by atoms with E-state index in [-0.39, 0.29) is 11.9 Å². The van der Waals surface area contributed by atoms with Gasteiger partial charge in [0.05, 0.1) is 0 Å². The van der Waals surface area contributed by atoms with Crippen LogP contribution in [0.1, 0.15) is 17.5 Å². The molecule has 0 aliphatic carbocycles. The number of nitrogens with one attached hydrogen (secondary N) is 1. The number of aryl methyl sites for hydroxylation is 1. The molecule has 0 radical (unpaired) electrons. The van der Waals surface area contributed by atoms with Crippen molar-refractivity contribution >= 4 is 0 Å². The molecule has 0 unspecified atom stereocenters. The predicted octanol–water partition coefficient (Wildman–Crippen LogP) is 2.67. The fourth-order valence-corrected chi connectivity index (χ4v) is 2.74. The van der Waals surface area contributed by atoms with Crippen molar-refractivity contribution in [2.45, 2.75) is 31.6 Å². The summed E-state index contributed by atoms with van der Waals surface area (Å²) in [6, 6.07) is 14.6. The van der Waals surface area contributed by atoms with E-state index >= 15 is 0 Å². The van der Waals surface area contributed by atoms with Gasteiger partial charge in [-0.1, -0.05) is 30.3 Å². The fourth-order valence-electron chi connectivity index (χ4n) is 2.74. The number of rotatable bonds is 5. The van der Waals surface area contributed by atoms with Gasteiger partial charge in [0, 0.05) is 13.1 Å². The van der Waals surface area contributed by atoms with Gasteiger partial charge in [-0.15, -0.1) is 0 Å². The van der Waals surface area contributed by atoms with Crippen LogP contribution in [0.5, 0.6) is 5.75 Å². The third-order valence-corrected chi connectivity index (χ3v) is 3.95. The predicted molar refractivity (Wildman–Crippen MR) is 83.3 cm³/mol. The number of ether oxygens (including phenoxy) is 1. The maximum atomic E-state index is 13.2. The van der Waals surface area contributed by atoms with Crippen LogP contribution >= 0.6 is 0 Å². The molecule has 22 heavy (non-hydrogen) atoms. The lowest BCUT2D eigenvalue weighted by atomic mass is 9.99. The zero-order valence-corrected chi connectivity index (χ0v) is 12.3. The van der Waals surface area contributed by atoms with Gasteiger partial charge < -0.3 is 15.2 Å². The van der Waals surface area contributed by atoms with Gasteiger partial charge in [0.1, 0.15) is 23.8 Å². The molecule has 0 fully saturated rings. The van der Waals surface area contributed by atoms with E-state index in [4.69, 9.17) is 4.74 Å². The molecule has 4 heteroatoms. The van der Waals surface area contributed by atoms with E-state index < -0.39 is 6.10 Å². The first-order valence-electron chi connectivity index (χ1n) is 7.60. The molecular formula is C18H20FNO2. The van der Waals surface area contributed by atoms with Crippen LogP contribution in [-0.4, -0.2) is 23.9 Å². The van der Waals surface area contributed by atoms with Crippen molar-refractivity contribution in [1.29, 1.82) is 0 Å². The van der Waals surface area contributed by atoms with E-state index in [1.54, 1.807) is 6.07 Å². The third kappa shape index (κ3) is 3.64. The number of hydrogen-bond acceptors (Lipinski definition) is 3. The second-order valence-electron chi connectivity index (χ2n) is 5.63. The topological polar surface area (TPSA) is 41.5 Å². The fraction of sp³-hybridized carbons (Fsp3) is 0.333. The summed E-state index contributed by atoms with van der Waals surface area (Å²) in [7, 11) is 0. The molecule has 2 aromatic carbocycles. The average molecular weight is 301 g/mol. The normalized spacial score (nSPS) is 18.4. The first-order chi connectivity index (χ1) is 10.7. The molecular weight excluding hydrogens is 281 g/mol. The van der Waals surface area contributed by atoms with E-state index in [1.807, 2.05) is 30.3 Å². The van der Waals surface area contributed by atoms with Crippen molar-refractivity contribution in [1.82, 2.24) is 5.32 Å². The van der Waals surface area contributed by atoms with Crippen LogP contribution in [-0.2, 0) is 13.0 Å². The molecule has 0 amide bonds. The Morgan fingerprint density at radius 1 is 1.23 bits per heavy atom. The second kappa shape index (κ2) is 6.90. The lowest BCUT2D eigenvalue weighted by molar-refractivity contribution is 0.0243. The van der Waals surface area contributed by atoms with Gasteiger partial charge in [0.25, 0.3) is 0 Å². The number of aliphatic hydroxyl groups is 1. The highest BCUT2D eigenvalue weighted by Gasteiger charge is 2.26. The van der Waals surface area contributed by atoms with E-state index in [9.17, 15) is 9.50 Å². The van der Waals surface area contributed by atoms with Gasteiger partial charge in [-0.05, 0) is 42.2 Å². The van der Waals surface area contributed by atoms with Gasteiger partial charge in [-0.3, -0.25) is 0 Å². The van der Waals surface area contributed by atoms with Gasteiger partial charge in [0.15, 0.2) is 0 Å². The van der Waals surface area contributed by atoms with Crippen molar-refractivity contribution in [3.63, 3.8) is 0 Å². The summed E-state index contributed by atoms with van der Waals surface area (Å²) in [5.41, 5.74) is 2.06. The Labute approximate surface area is 129 Å². The van der Waals surface area contributed by atoms with E-state index in [0.29, 0.717) is 25.3 Å². The van der Waals surface area contributed by atoms with Crippen molar-refractivity contribution in [3.05, 3.63) is 65.5 Å². The number of fused-ring (bicyclic) bond motifs is 1. The average Bonchev–Trinajstić information content (AvgIpc) is 2.55. The van der Waals surface area contributed by atoms with Crippen LogP contribution in [0.3, 0.4) is 0 Å². The monoisotopic (exact) mass is 301 g/mol. The van der Waals surface area contributed by atoms with Crippen molar-refractivity contribution < 1.29 is 14.2 Å². The first kappa shape index (κ1) is 15.0. The van der Waals surface area contributed by atoms with E-state index in [2.05, 4.69) is 5.32 Å². The molecule has 2 aromatic rings. The van der Waals surface area contributed by atoms with Crippen molar-refractivity contribution in [3.8, 4) is 5.75 Å². The second-order valence-corrected chi connectivity index (χ2v) is 5.63. The summed E-state index contributed by atoms with van der Waals surface area (Å²) in [6.45, 7) is 1.18. The molecule has 3 rings (SSSR count). The zero-order chi connectivity index (χ0) is 15.4. The number of benzene rings is 2. The highest BCUT2D eigenvalue weighted by molar-refractivity contribution is 5.36. The van der Waals surface area contributed by atoms with Gasteiger partial charge in [0.2, 0.25) is 0 Å². The number of aliphatic hydroxyl groups excluding tert-OH is 1. The summed E-state index contributed by atoms with van der Waals surface area (Å²) >= 11 is 0. The lowest BCUT2D eigenvalue weighted by Crippen LogP contribution is -2.41. The minimum Gasteiger partial charge on any atom is -0.487 e. The maximum Gasteiger partial charge on any atom is 0.126 e. The molecule has 0 bridgehead atoms. The van der Waals surface area contributed by atoms with E-state index in [1.165, 1.54) is 17.7 Å². The lowest BCUT2D eigenvalue weighted by Gasteiger charge is -2.29. The third-order valence-electron chi connectivity index (χ3n) is 3.95. The molecule has 1 aliphatic rings. The Hall–Kier alpha value is -1.91. The van der Waals surface area contributed by atoms with Gasteiger partial charge >= 0.3 is 0 Å². The van der Waals surface area contributed by atoms with Gasteiger partial charge in [-0.25, -0.2) is 4.39 Å². The minimum absolute atomic E-state index is 0.245. The van der Waals surface area contributed by atoms with Crippen molar-refractivity contribution in [2.75, 3.05) is 6.54 Å². The highest BCUT2D eigenvalue weighted by atomic mass is 19.1. The summed E-state index contributed by atoms with van der Waals surface area (Å²) in [5.74, 6) is 0.436. The molecule has 2 atom stereocenters. The smallest absolute Gasteiger partial charge is 0.126 e. The molecule has 2 N–H and O–H groups in total. The summed E-state index contributed by atoms with van der Waals surface area (Å²) in [5, 5.41) is 13.5. The van der Waals surface area contributed by atoms with Gasteiger partial charge in [-0.2, -0.15) is 0 Å². The minimum atomic E-state index is -0.582. The largest absolute Gasteiger partial charge is 0.487 e. The van der Waals surface area contributed by atoms with Crippen LogP contribution in [0.2, 0.25) is 0 Å². The SMILES string of the molecule is O[C@H](CNCc1ccccc1)[C@H]1CCc2cc(F)ccc2O1. The first-order valence-corrected chi connectivity index (χ1v) is 7.60. The quantitative estimate of drug-likeness (QED) is 0.892. The van der Waals surface area contributed by atoms with E-state index in [0.717, 1.165) is 12.0 Å². The molecule has 0 saturated carbocycles. The molecule has 1 heterocycles. The number of hydrogen-bond donors (Lipinski definition) is 2. The molecule has 3 nitrogen and oxygen atoms in total. The Kier molecular flexibility index (Phi) is 4.71. The summed E-state index contributed by atoms with van der Waals surface area (Å²) < 4.78 is 19.0. The Morgan fingerprint density at radius 3 is 2.86 bits per heavy atom. The molecule has 0 aromatic heterocycles. The standard InChI is InChI=1S/C18H20FNO2/c19-15-7-9-17-14(10-15)6-8-18(22-17)16(21)12-20-11-13-4-2-1-3-5-13/h1-5,7,9-10,16,18,20-21H,6,8,11-12H2/t16-,18-/m1/s1. The van der Waals surface area contributed by atoms with Crippen molar-refractivity contribution in [2.24, 2.45) is 0 Å². The van der Waals surface area contributed by atoms with Crippen LogP contribution in [0.15, 0.2) is 48.5 Å². The molecule has 116 valence electrons. The summed E-state index contributed by atoms with van der Waals surface area (Å²) in [4.78, 5) is 0. The molecule has 1 aliphatic heterocycles.